The van der Waals surface area contributed by atoms with E-state index in [1.54, 1.807) is 0 Å². The Balaban J connectivity index is 0.00000264. The van der Waals surface area contributed by atoms with E-state index in [2.05, 4.69) is 20.9 Å². The summed E-state index contributed by atoms with van der Waals surface area (Å²) in [5, 5.41) is 9.51. The van der Waals surface area contributed by atoms with E-state index in [1.165, 1.54) is 19.3 Å². The predicted molar refractivity (Wildman–Crippen MR) is 103 cm³/mol. The average molecular weight is 438 g/mol. The largest absolute Gasteiger partial charge is 0.376 e. The van der Waals surface area contributed by atoms with E-state index in [-0.39, 0.29) is 42.5 Å². The summed E-state index contributed by atoms with van der Waals surface area (Å²) in [4.78, 5) is 16.3. The molecule has 1 aliphatic carbocycles. The quantitative estimate of drug-likeness (QED) is 0.336. The molecular formula is C16H31IN4O2. The van der Waals surface area contributed by atoms with Gasteiger partial charge < -0.3 is 20.7 Å². The normalized spacial score (nSPS) is 22.3. The molecule has 1 atom stereocenters. The van der Waals surface area contributed by atoms with Crippen LogP contribution in [0.25, 0.3) is 0 Å². The van der Waals surface area contributed by atoms with Crippen molar-refractivity contribution in [3.63, 3.8) is 0 Å². The van der Waals surface area contributed by atoms with Crippen molar-refractivity contribution < 1.29 is 9.53 Å². The molecule has 0 aromatic carbocycles. The average Bonchev–Trinajstić information content (AvgIpc) is 3.04. The number of rotatable bonds is 6. The molecule has 1 saturated heterocycles. The molecule has 2 rings (SSSR count). The van der Waals surface area contributed by atoms with Gasteiger partial charge in [0.05, 0.1) is 6.10 Å². The molecule has 1 aliphatic heterocycles. The van der Waals surface area contributed by atoms with Crippen LogP contribution >= 0.6 is 24.0 Å². The first kappa shape index (κ1) is 20.5. The second-order valence-electron chi connectivity index (χ2n) is 6.11. The molecule has 2 aliphatic rings. The third-order valence-electron chi connectivity index (χ3n) is 4.22. The molecule has 134 valence electrons. The van der Waals surface area contributed by atoms with E-state index in [0.29, 0.717) is 12.0 Å². The van der Waals surface area contributed by atoms with Gasteiger partial charge in [-0.15, -0.1) is 24.0 Å². The van der Waals surface area contributed by atoms with Gasteiger partial charge in [0.2, 0.25) is 5.91 Å². The number of nitrogens with zero attached hydrogens (tertiary/aromatic N) is 1. The SMILES string of the molecule is CCNC(=NCC(=O)NC1CCCCC1)NCC1CCCO1.I. The summed E-state index contributed by atoms with van der Waals surface area (Å²) in [5.41, 5.74) is 0. The first-order valence-corrected chi connectivity index (χ1v) is 8.71. The molecule has 2 fully saturated rings. The number of carbonyl (C=O) groups excluding carboxylic acids is 1. The number of guanidine groups is 1. The minimum atomic E-state index is 0. The Bertz CT molecular complexity index is 367. The highest BCUT2D eigenvalue weighted by molar-refractivity contribution is 14.0. The Hall–Kier alpha value is -0.570. The molecule has 7 heteroatoms. The van der Waals surface area contributed by atoms with E-state index >= 15 is 0 Å². The monoisotopic (exact) mass is 438 g/mol. The van der Waals surface area contributed by atoms with Crippen molar-refractivity contribution in [1.82, 2.24) is 16.0 Å². The van der Waals surface area contributed by atoms with Crippen molar-refractivity contribution in [2.75, 3.05) is 26.2 Å². The maximum absolute atomic E-state index is 12.0. The van der Waals surface area contributed by atoms with Crippen LogP contribution in [0.3, 0.4) is 0 Å². The number of nitrogens with one attached hydrogen (secondary N) is 3. The Morgan fingerprint density at radius 3 is 2.57 bits per heavy atom. The summed E-state index contributed by atoms with van der Waals surface area (Å²) in [6.45, 7) is 4.57. The molecule has 0 bridgehead atoms. The highest BCUT2D eigenvalue weighted by Crippen LogP contribution is 2.17. The van der Waals surface area contributed by atoms with Gasteiger partial charge in [0.1, 0.15) is 6.54 Å². The lowest BCUT2D eigenvalue weighted by molar-refractivity contribution is -0.120. The van der Waals surface area contributed by atoms with Crippen LogP contribution in [0.15, 0.2) is 4.99 Å². The first-order valence-electron chi connectivity index (χ1n) is 8.71. The lowest BCUT2D eigenvalue weighted by Gasteiger charge is -2.22. The van der Waals surface area contributed by atoms with Crippen molar-refractivity contribution in [2.45, 2.75) is 64.0 Å². The van der Waals surface area contributed by atoms with Crippen LogP contribution in [-0.2, 0) is 9.53 Å². The molecule has 1 heterocycles. The number of hydrogen-bond acceptors (Lipinski definition) is 3. The third kappa shape index (κ3) is 8.19. The van der Waals surface area contributed by atoms with Gasteiger partial charge in [0.15, 0.2) is 5.96 Å². The van der Waals surface area contributed by atoms with Crippen molar-refractivity contribution in [3.05, 3.63) is 0 Å². The zero-order valence-corrected chi connectivity index (χ0v) is 16.4. The molecule has 1 saturated carbocycles. The van der Waals surface area contributed by atoms with Gasteiger partial charge in [-0.05, 0) is 32.6 Å². The predicted octanol–water partition coefficient (Wildman–Crippen LogP) is 1.79. The van der Waals surface area contributed by atoms with Crippen molar-refractivity contribution in [3.8, 4) is 0 Å². The standard InChI is InChI=1S/C16H30N4O2.HI/c1-2-17-16(18-11-14-9-6-10-22-14)19-12-15(21)20-13-7-4-3-5-8-13;/h13-14H,2-12H2,1H3,(H,20,21)(H2,17,18,19);1H. The number of carbonyl (C=O) groups is 1. The summed E-state index contributed by atoms with van der Waals surface area (Å²) in [6.07, 6.45) is 8.43. The Morgan fingerprint density at radius 2 is 1.91 bits per heavy atom. The minimum Gasteiger partial charge on any atom is -0.376 e. The van der Waals surface area contributed by atoms with Gasteiger partial charge in [-0.25, -0.2) is 4.99 Å². The van der Waals surface area contributed by atoms with Gasteiger partial charge in [0, 0.05) is 25.7 Å². The fourth-order valence-electron chi connectivity index (χ4n) is 3.03. The number of hydrogen-bond donors (Lipinski definition) is 3. The van der Waals surface area contributed by atoms with Crippen molar-refractivity contribution in [1.29, 1.82) is 0 Å². The zero-order valence-electron chi connectivity index (χ0n) is 14.1. The van der Waals surface area contributed by atoms with Gasteiger partial charge in [-0.3, -0.25) is 4.79 Å². The van der Waals surface area contributed by atoms with E-state index in [9.17, 15) is 4.79 Å². The van der Waals surface area contributed by atoms with Gasteiger partial charge in [-0.2, -0.15) is 0 Å². The van der Waals surface area contributed by atoms with Crippen molar-refractivity contribution in [2.24, 2.45) is 4.99 Å². The number of amides is 1. The summed E-state index contributed by atoms with van der Waals surface area (Å²) < 4.78 is 5.58. The minimum absolute atomic E-state index is 0. The van der Waals surface area contributed by atoms with E-state index in [4.69, 9.17) is 4.74 Å². The number of ether oxygens (including phenoxy) is 1. The van der Waals surface area contributed by atoms with Gasteiger partial charge >= 0.3 is 0 Å². The van der Waals surface area contributed by atoms with E-state index in [1.807, 2.05) is 6.92 Å². The molecule has 1 amide bonds. The highest BCUT2D eigenvalue weighted by Gasteiger charge is 2.17. The lowest BCUT2D eigenvalue weighted by atomic mass is 9.95. The Morgan fingerprint density at radius 1 is 1.13 bits per heavy atom. The molecular weight excluding hydrogens is 407 g/mol. The van der Waals surface area contributed by atoms with Crippen LogP contribution in [0.5, 0.6) is 0 Å². The maximum atomic E-state index is 12.0. The molecule has 3 N–H and O–H groups in total. The molecule has 0 spiro atoms. The lowest BCUT2D eigenvalue weighted by Crippen LogP contribution is -2.42. The van der Waals surface area contributed by atoms with Crippen LogP contribution < -0.4 is 16.0 Å². The molecule has 0 aromatic heterocycles. The van der Waals surface area contributed by atoms with E-state index < -0.39 is 0 Å². The summed E-state index contributed by atoms with van der Waals surface area (Å²) >= 11 is 0. The molecule has 1 unspecified atom stereocenters. The summed E-state index contributed by atoms with van der Waals surface area (Å²) in [7, 11) is 0. The van der Waals surface area contributed by atoms with E-state index in [0.717, 1.165) is 45.4 Å². The van der Waals surface area contributed by atoms with Crippen LogP contribution in [0.2, 0.25) is 0 Å². The number of halogens is 1. The maximum Gasteiger partial charge on any atom is 0.242 e. The first-order chi connectivity index (χ1) is 10.8. The van der Waals surface area contributed by atoms with Crippen molar-refractivity contribution >= 4 is 35.8 Å². The fourth-order valence-corrected chi connectivity index (χ4v) is 3.03. The third-order valence-corrected chi connectivity index (χ3v) is 4.22. The van der Waals surface area contributed by atoms with Crippen LogP contribution in [0.1, 0.15) is 51.9 Å². The summed E-state index contributed by atoms with van der Waals surface area (Å²) in [6, 6.07) is 0.346. The highest BCUT2D eigenvalue weighted by atomic mass is 127. The van der Waals surface area contributed by atoms with Gasteiger partial charge in [-0.1, -0.05) is 19.3 Å². The fraction of sp³-hybridized carbons (Fsp3) is 0.875. The molecule has 6 nitrogen and oxygen atoms in total. The number of aliphatic imine (C=N–C) groups is 1. The Labute approximate surface area is 156 Å². The summed E-state index contributed by atoms with van der Waals surface area (Å²) in [5.74, 6) is 0.706. The zero-order chi connectivity index (χ0) is 15.6. The molecule has 23 heavy (non-hydrogen) atoms. The van der Waals surface area contributed by atoms with Gasteiger partial charge in [0.25, 0.3) is 0 Å². The molecule has 0 aromatic rings. The van der Waals surface area contributed by atoms with Crippen LogP contribution in [0, 0.1) is 0 Å². The topological polar surface area (TPSA) is 74.8 Å². The Kier molecular flexibility index (Phi) is 10.6. The second kappa shape index (κ2) is 11.9. The smallest absolute Gasteiger partial charge is 0.242 e. The second-order valence-corrected chi connectivity index (χ2v) is 6.11. The van der Waals surface area contributed by atoms with Crippen LogP contribution in [-0.4, -0.2) is 50.3 Å². The molecule has 0 radical (unpaired) electrons. The van der Waals surface area contributed by atoms with Crippen LogP contribution in [0.4, 0.5) is 0 Å².